The van der Waals surface area contributed by atoms with Gasteiger partial charge in [0.2, 0.25) is 0 Å². The quantitative estimate of drug-likeness (QED) is 0.319. The summed E-state index contributed by atoms with van der Waals surface area (Å²) >= 11 is 1.22. The number of hydrogen-bond acceptors (Lipinski definition) is 9. The Hall–Kier alpha value is -1.72. The molecule has 10 heteroatoms. The van der Waals surface area contributed by atoms with E-state index < -0.39 is 50.4 Å². The third kappa shape index (κ3) is 3.55. The molecule has 0 aliphatic carbocycles. The van der Waals surface area contributed by atoms with Gasteiger partial charge in [0, 0.05) is 14.8 Å². The van der Waals surface area contributed by atoms with Crippen LogP contribution in [0.15, 0.2) is 23.1 Å². The maximum atomic E-state index is 10.3. The fraction of sp³-hybridized carbons (Fsp3) is 0.562. The van der Waals surface area contributed by atoms with E-state index in [4.69, 9.17) is 13.0 Å². The van der Waals surface area contributed by atoms with E-state index in [-0.39, 0.29) is 23.5 Å². The molecule has 4 atom stereocenters. The highest BCUT2D eigenvalue weighted by atomic mass is 32.2. The van der Waals surface area contributed by atoms with Crippen molar-refractivity contribution >= 4 is 28.7 Å². The number of thioether (sulfide) groups is 1. The second-order valence-corrected chi connectivity index (χ2v) is 6.38. The number of nitrogens with one attached hydrogen (secondary N) is 1. The number of hydrogen-bond donors (Lipinski definition) is 4. The highest BCUT2D eigenvalue weighted by Gasteiger charge is 2.44. The Morgan fingerprint density at radius 2 is 2.23 bits per heavy atom. The minimum Gasteiger partial charge on any atom is -0.394 e. The van der Waals surface area contributed by atoms with Gasteiger partial charge in [0.25, 0.3) is 0 Å². The number of aliphatic hydroxyl groups is 3. The Morgan fingerprint density at radius 1 is 1.42 bits per heavy atom. The fourth-order valence-corrected chi connectivity index (χ4v) is 3.02. The molecule has 2 aromatic rings. The molecule has 4 unspecified atom stereocenters. The van der Waals surface area contributed by atoms with Gasteiger partial charge in [-0.1, -0.05) is 23.4 Å². The molecule has 3 rings (SSSR count). The van der Waals surface area contributed by atoms with Crippen molar-refractivity contribution < 1.29 is 28.3 Å². The second-order valence-electron chi connectivity index (χ2n) is 5.61. The molecule has 142 valence electrons. The molecule has 3 heterocycles. The number of nitrogens with zero attached hydrogens (tertiary/aromatic N) is 4. The van der Waals surface area contributed by atoms with Crippen molar-refractivity contribution in [2.45, 2.75) is 43.4 Å². The molecule has 1 aliphatic heterocycles. The number of ether oxygens (including phenoxy) is 1. The van der Waals surface area contributed by atoms with Gasteiger partial charge in [0.15, 0.2) is 28.4 Å². The lowest BCUT2D eigenvalue weighted by Gasteiger charge is -2.17. The predicted molar refractivity (Wildman–Crippen MR) is 98.0 cm³/mol. The van der Waals surface area contributed by atoms with Crippen LogP contribution >= 0.6 is 11.8 Å². The molecule has 0 aromatic carbocycles. The number of fused-ring (bicyclic) bond motifs is 1. The van der Waals surface area contributed by atoms with E-state index in [1.165, 1.54) is 22.7 Å². The van der Waals surface area contributed by atoms with Gasteiger partial charge in [-0.2, -0.15) is 0 Å². The largest absolute Gasteiger partial charge is 0.394 e. The van der Waals surface area contributed by atoms with Crippen LogP contribution in [0.5, 0.6) is 0 Å². The summed E-state index contributed by atoms with van der Waals surface area (Å²) in [5, 5.41) is 32.9. The Morgan fingerprint density at radius 3 is 2.88 bits per heavy atom. The third-order valence-electron chi connectivity index (χ3n) is 3.95. The minimum atomic E-state index is -2.78. The lowest BCUT2D eigenvalue weighted by molar-refractivity contribution is -0.0511. The molecule has 0 amide bonds. The molecule has 1 aliphatic rings. The van der Waals surface area contributed by atoms with Crippen LogP contribution in [-0.2, 0) is 4.74 Å². The SMILES string of the molecule is [2H]C([2H])([2H])C(=CCNc1nc(SC)nc2c1ncn2C1OC(CO)C(O)C1O)C([2H])([2H])[2H]. The summed E-state index contributed by atoms with van der Waals surface area (Å²) in [4.78, 5) is 12.9. The molecule has 0 spiro atoms. The van der Waals surface area contributed by atoms with Crippen LogP contribution in [0.1, 0.15) is 28.2 Å². The fourth-order valence-electron chi connectivity index (χ4n) is 2.66. The Labute approximate surface area is 163 Å². The molecule has 4 N–H and O–H groups in total. The minimum absolute atomic E-state index is 0.146. The van der Waals surface area contributed by atoms with Crippen LogP contribution in [0, 0.1) is 0 Å². The van der Waals surface area contributed by atoms with Crippen molar-refractivity contribution in [1.82, 2.24) is 19.5 Å². The first-order chi connectivity index (χ1) is 14.9. The zero-order valence-electron chi connectivity index (χ0n) is 19.8. The number of anilines is 1. The first-order valence-corrected chi connectivity index (χ1v) is 8.97. The van der Waals surface area contributed by atoms with Crippen molar-refractivity contribution in [2.24, 2.45) is 0 Å². The van der Waals surface area contributed by atoms with E-state index in [0.29, 0.717) is 5.16 Å². The summed E-state index contributed by atoms with van der Waals surface area (Å²) in [5.74, 6) is 0.219. The van der Waals surface area contributed by atoms with Crippen molar-refractivity contribution in [3.05, 3.63) is 18.0 Å². The van der Waals surface area contributed by atoms with E-state index in [1.807, 2.05) is 0 Å². The number of rotatable bonds is 6. The highest BCUT2D eigenvalue weighted by molar-refractivity contribution is 7.98. The third-order valence-corrected chi connectivity index (χ3v) is 4.50. The summed E-state index contributed by atoms with van der Waals surface area (Å²) in [6.07, 6.45) is -0.517. The number of aromatic nitrogens is 4. The number of imidazole rings is 1. The van der Waals surface area contributed by atoms with Crippen LogP contribution < -0.4 is 5.32 Å². The molecule has 9 nitrogen and oxygen atoms in total. The van der Waals surface area contributed by atoms with Crippen molar-refractivity contribution in [3.63, 3.8) is 0 Å². The molecule has 1 saturated heterocycles. The predicted octanol–water partition coefficient (Wildman–Crippen LogP) is 0.538. The normalized spacial score (nSPS) is 30.0. The van der Waals surface area contributed by atoms with Gasteiger partial charge in [-0.3, -0.25) is 4.57 Å². The molecular formula is C16H23N5O4S. The Bertz CT molecular complexity index is 982. The summed E-state index contributed by atoms with van der Waals surface area (Å²) in [5.41, 5.74) is -0.138. The maximum absolute atomic E-state index is 10.3. The Kier molecular flexibility index (Phi) is 3.83. The zero-order chi connectivity index (χ0) is 23.8. The molecule has 1 fully saturated rings. The van der Waals surface area contributed by atoms with E-state index in [2.05, 4.69) is 20.3 Å². The molecule has 0 radical (unpaired) electrons. The van der Waals surface area contributed by atoms with Crippen LogP contribution in [0.4, 0.5) is 5.82 Å². The average Bonchev–Trinajstić information content (AvgIpc) is 3.24. The van der Waals surface area contributed by atoms with Gasteiger partial charge in [-0.15, -0.1) is 0 Å². The van der Waals surface area contributed by atoms with Gasteiger partial charge < -0.3 is 25.4 Å². The molecule has 26 heavy (non-hydrogen) atoms. The number of allylic oxidation sites excluding steroid dienone is 1. The first-order valence-electron chi connectivity index (χ1n) is 10.7. The molecule has 2 aromatic heterocycles. The van der Waals surface area contributed by atoms with Gasteiger partial charge in [-0.05, 0) is 20.0 Å². The lowest BCUT2D eigenvalue weighted by atomic mass is 10.1. The topological polar surface area (TPSA) is 126 Å². The lowest BCUT2D eigenvalue weighted by Crippen LogP contribution is -2.33. The van der Waals surface area contributed by atoms with Gasteiger partial charge in [-0.25, -0.2) is 15.0 Å². The average molecular weight is 387 g/mol. The van der Waals surface area contributed by atoms with Crippen molar-refractivity contribution in [2.75, 3.05) is 24.7 Å². The van der Waals surface area contributed by atoms with E-state index >= 15 is 0 Å². The van der Waals surface area contributed by atoms with Gasteiger partial charge in [0.05, 0.1) is 12.9 Å². The number of aliphatic hydroxyl groups excluding tert-OH is 3. The summed E-state index contributed by atoms with van der Waals surface area (Å²) in [6, 6.07) is 0. The van der Waals surface area contributed by atoms with E-state index in [0.717, 1.165) is 6.08 Å². The van der Waals surface area contributed by atoms with Crippen molar-refractivity contribution in [1.29, 1.82) is 0 Å². The van der Waals surface area contributed by atoms with E-state index in [1.54, 1.807) is 6.26 Å². The van der Waals surface area contributed by atoms with Gasteiger partial charge in [0.1, 0.15) is 18.3 Å². The molecule has 0 saturated carbocycles. The summed E-state index contributed by atoms with van der Waals surface area (Å²) in [7, 11) is 0. The molecule has 0 bridgehead atoms. The van der Waals surface area contributed by atoms with Crippen LogP contribution in [0.25, 0.3) is 11.2 Å². The first kappa shape index (κ1) is 12.6. The molecular weight excluding hydrogens is 358 g/mol. The summed E-state index contributed by atoms with van der Waals surface area (Å²) in [6.45, 7) is -6.19. The monoisotopic (exact) mass is 387 g/mol. The van der Waals surface area contributed by atoms with Gasteiger partial charge >= 0.3 is 0 Å². The smallest absolute Gasteiger partial charge is 0.191 e. The van der Waals surface area contributed by atoms with Crippen molar-refractivity contribution in [3.8, 4) is 0 Å². The summed E-state index contributed by atoms with van der Waals surface area (Å²) < 4.78 is 51.6. The maximum Gasteiger partial charge on any atom is 0.191 e. The standard InChI is InChI=1S/C16H23N5O4S/c1-8(2)4-5-17-13-10-14(20-16(19-13)26-3)21(7-18-10)15-12(24)11(23)9(6-22)25-15/h4,7,9,11-12,15,22-24H,5-6H2,1-3H3,(H,17,19,20)/i1D3,2D3. The Balaban J connectivity index is 1.95. The van der Waals surface area contributed by atoms with E-state index in [9.17, 15) is 15.3 Å². The van der Waals surface area contributed by atoms with Crippen LogP contribution in [-0.4, -0.2) is 72.6 Å². The highest BCUT2D eigenvalue weighted by Crippen LogP contribution is 2.32. The van der Waals surface area contributed by atoms with Crippen LogP contribution in [0.2, 0.25) is 0 Å². The zero-order valence-corrected chi connectivity index (χ0v) is 14.6. The van der Waals surface area contributed by atoms with Crippen LogP contribution in [0.3, 0.4) is 0 Å². The second kappa shape index (κ2) is 7.89.